The maximum Gasteiger partial charge on any atom is 0.125 e. The number of para-hydroxylation sites is 1. The third-order valence-corrected chi connectivity index (χ3v) is 5.41. The first-order chi connectivity index (χ1) is 15.3. The standard InChI is InChI=1S/C26H23NO4/c28-11-13-30-20-15-19(16-21(17-20)31-14-12-29)27-24-8-4-3-7-23(24)26-22-6-2-1-5-18(22)9-10-25(26)27/h1-10,15-17,28-29H,11-14H2. The summed E-state index contributed by atoms with van der Waals surface area (Å²) in [5.74, 6) is 1.21. The molecule has 5 rings (SSSR count). The molecule has 0 aliphatic carbocycles. The summed E-state index contributed by atoms with van der Waals surface area (Å²) in [7, 11) is 0. The molecular formula is C26H23NO4. The van der Waals surface area contributed by atoms with E-state index >= 15 is 0 Å². The molecule has 0 atom stereocenters. The van der Waals surface area contributed by atoms with Crippen LogP contribution in [0.1, 0.15) is 0 Å². The Morgan fingerprint density at radius 2 is 1.29 bits per heavy atom. The van der Waals surface area contributed by atoms with Crippen LogP contribution in [0.4, 0.5) is 0 Å². The minimum atomic E-state index is -0.0710. The van der Waals surface area contributed by atoms with Crippen LogP contribution in [-0.2, 0) is 0 Å². The van der Waals surface area contributed by atoms with Crippen LogP contribution in [0.3, 0.4) is 0 Å². The van der Waals surface area contributed by atoms with Gasteiger partial charge in [0.15, 0.2) is 0 Å². The smallest absolute Gasteiger partial charge is 0.125 e. The molecule has 0 spiro atoms. The van der Waals surface area contributed by atoms with Crippen molar-refractivity contribution in [2.24, 2.45) is 0 Å². The molecule has 0 saturated carbocycles. The Morgan fingerprint density at radius 1 is 0.645 bits per heavy atom. The summed E-state index contributed by atoms with van der Waals surface area (Å²) in [5, 5.41) is 23.1. The number of fused-ring (bicyclic) bond motifs is 5. The Morgan fingerprint density at radius 3 is 2.00 bits per heavy atom. The molecule has 5 aromatic rings. The topological polar surface area (TPSA) is 63.9 Å². The van der Waals surface area contributed by atoms with E-state index in [4.69, 9.17) is 9.47 Å². The SMILES string of the molecule is OCCOc1cc(OCCO)cc(-n2c3ccccc3c3c4ccccc4ccc32)c1. The normalized spacial score (nSPS) is 11.4. The van der Waals surface area contributed by atoms with E-state index in [9.17, 15) is 10.2 Å². The van der Waals surface area contributed by atoms with E-state index in [2.05, 4.69) is 59.2 Å². The van der Waals surface area contributed by atoms with Crippen LogP contribution in [0.5, 0.6) is 11.5 Å². The van der Waals surface area contributed by atoms with E-state index in [-0.39, 0.29) is 26.4 Å². The Labute approximate surface area is 179 Å². The highest BCUT2D eigenvalue weighted by Gasteiger charge is 2.16. The van der Waals surface area contributed by atoms with Crippen LogP contribution >= 0.6 is 0 Å². The van der Waals surface area contributed by atoms with Gasteiger partial charge < -0.3 is 24.3 Å². The lowest BCUT2D eigenvalue weighted by Crippen LogP contribution is -2.05. The average molecular weight is 413 g/mol. The molecule has 1 heterocycles. The van der Waals surface area contributed by atoms with Crippen LogP contribution in [0.15, 0.2) is 78.9 Å². The van der Waals surface area contributed by atoms with Gasteiger partial charge in [0, 0.05) is 29.0 Å². The van der Waals surface area contributed by atoms with Crippen LogP contribution in [0, 0.1) is 0 Å². The Hall–Kier alpha value is -3.54. The number of benzene rings is 4. The number of aliphatic hydroxyl groups excluding tert-OH is 2. The molecule has 4 aromatic carbocycles. The molecule has 5 nitrogen and oxygen atoms in total. The third-order valence-electron chi connectivity index (χ3n) is 5.41. The second-order valence-electron chi connectivity index (χ2n) is 7.34. The van der Waals surface area contributed by atoms with Gasteiger partial charge in [-0.3, -0.25) is 0 Å². The molecule has 0 unspecified atom stereocenters. The summed E-state index contributed by atoms with van der Waals surface area (Å²) in [5.41, 5.74) is 3.07. The fraction of sp³-hybridized carbons (Fsp3) is 0.154. The highest BCUT2D eigenvalue weighted by atomic mass is 16.5. The Bertz CT molecular complexity index is 1350. The van der Waals surface area contributed by atoms with Gasteiger partial charge in [-0.15, -0.1) is 0 Å². The van der Waals surface area contributed by atoms with Gasteiger partial charge in [-0.25, -0.2) is 0 Å². The van der Waals surface area contributed by atoms with Gasteiger partial charge in [-0.05, 0) is 22.9 Å². The molecule has 0 aliphatic rings. The number of aliphatic hydroxyl groups is 2. The van der Waals surface area contributed by atoms with Crippen molar-refractivity contribution in [3.63, 3.8) is 0 Å². The summed E-state index contributed by atoms with van der Waals surface area (Å²) >= 11 is 0. The van der Waals surface area contributed by atoms with Gasteiger partial charge in [0.25, 0.3) is 0 Å². The molecule has 0 amide bonds. The number of rotatable bonds is 7. The molecule has 0 aliphatic heterocycles. The molecule has 2 N–H and O–H groups in total. The van der Waals surface area contributed by atoms with Crippen LogP contribution in [0.25, 0.3) is 38.3 Å². The van der Waals surface area contributed by atoms with Gasteiger partial charge >= 0.3 is 0 Å². The van der Waals surface area contributed by atoms with E-state index < -0.39 is 0 Å². The monoisotopic (exact) mass is 413 g/mol. The first kappa shape index (κ1) is 19.4. The molecule has 0 bridgehead atoms. The van der Waals surface area contributed by atoms with Gasteiger partial charge in [0.05, 0.1) is 29.9 Å². The van der Waals surface area contributed by atoms with Crippen molar-refractivity contribution in [3.8, 4) is 17.2 Å². The maximum absolute atomic E-state index is 9.18. The zero-order valence-electron chi connectivity index (χ0n) is 17.0. The lowest BCUT2D eigenvalue weighted by atomic mass is 10.0. The number of hydrogen-bond acceptors (Lipinski definition) is 4. The minimum Gasteiger partial charge on any atom is -0.491 e. The lowest BCUT2D eigenvalue weighted by molar-refractivity contribution is 0.194. The van der Waals surface area contributed by atoms with E-state index in [1.165, 1.54) is 21.5 Å². The van der Waals surface area contributed by atoms with Crippen molar-refractivity contribution in [1.29, 1.82) is 0 Å². The first-order valence-electron chi connectivity index (χ1n) is 10.3. The summed E-state index contributed by atoms with van der Waals surface area (Å²) in [4.78, 5) is 0. The second-order valence-corrected chi connectivity index (χ2v) is 7.34. The highest BCUT2D eigenvalue weighted by Crippen LogP contribution is 2.38. The molecule has 0 fully saturated rings. The van der Waals surface area contributed by atoms with Gasteiger partial charge in [-0.1, -0.05) is 48.5 Å². The highest BCUT2D eigenvalue weighted by molar-refractivity contribution is 6.21. The van der Waals surface area contributed by atoms with Crippen molar-refractivity contribution >= 4 is 32.6 Å². The van der Waals surface area contributed by atoms with Crippen LogP contribution in [-0.4, -0.2) is 41.2 Å². The number of hydrogen-bond donors (Lipinski definition) is 2. The predicted molar refractivity (Wildman–Crippen MR) is 123 cm³/mol. The van der Waals surface area contributed by atoms with Gasteiger partial charge in [-0.2, -0.15) is 0 Å². The van der Waals surface area contributed by atoms with Gasteiger partial charge in [0.2, 0.25) is 0 Å². The quantitative estimate of drug-likeness (QED) is 0.407. The zero-order chi connectivity index (χ0) is 21.2. The Balaban J connectivity index is 1.80. The van der Waals surface area contributed by atoms with Crippen LogP contribution in [0.2, 0.25) is 0 Å². The summed E-state index contributed by atoms with van der Waals surface area (Å²) in [6, 6.07) is 26.7. The average Bonchev–Trinajstić information content (AvgIpc) is 3.16. The first-order valence-corrected chi connectivity index (χ1v) is 10.3. The molecule has 156 valence electrons. The predicted octanol–water partition coefficient (Wildman–Crippen LogP) is 4.68. The van der Waals surface area contributed by atoms with Crippen molar-refractivity contribution < 1.29 is 19.7 Å². The molecular weight excluding hydrogens is 390 g/mol. The molecule has 31 heavy (non-hydrogen) atoms. The Kier molecular flexibility index (Phi) is 5.20. The number of aromatic nitrogens is 1. The van der Waals surface area contributed by atoms with E-state index in [1.807, 2.05) is 18.2 Å². The molecule has 5 heteroatoms. The van der Waals surface area contributed by atoms with Crippen molar-refractivity contribution in [2.45, 2.75) is 0 Å². The van der Waals surface area contributed by atoms with Crippen LogP contribution < -0.4 is 9.47 Å². The largest absolute Gasteiger partial charge is 0.491 e. The number of nitrogens with zero attached hydrogens (tertiary/aromatic N) is 1. The summed E-state index contributed by atoms with van der Waals surface area (Å²) < 4.78 is 13.6. The maximum atomic E-state index is 9.18. The van der Waals surface area contributed by atoms with E-state index in [0.717, 1.165) is 16.7 Å². The summed E-state index contributed by atoms with van der Waals surface area (Å²) in [6.45, 7) is 0.248. The fourth-order valence-corrected chi connectivity index (χ4v) is 4.20. The van der Waals surface area contributed by atoms with Crippen molar-refractivity contribution in [1.82, 2.24) is 4.57 Å². The fourth-order valence-electron chi connectivity index (χ4n) is 4.20. The molecule has 1 aromatic heterocycles. The second kappa shape index (κ2) is 8.30. The van der Waals surface area contributed by atoms with Gasteiger partial charge in [0.1, 0.15) is 24.7 Å². The van der Waals surface area contributed by atoms with E-state index in [1.54, 1.807) is 6.07 Å². The lowest BCUT2D eigenvalue weighted by Gasteiger charge is -2.14. The minimum absolute atomic E-state index is 0.0710. The zero-order valence-corrected chi connectivity index (χ0v) is 17.0. The molecule has 0 radical (unpaired) electrons. The summed E-state index contributed by atoms with van der Waals surface area (Å²) in [6.07, 6.45) is 0. The van der Waals surface area contributed by atoms with E-state index in [0.29, 0.717) is 11.5 Å². The third kappa shape index (κ3) is 3.48. The van der Waals surface area contributed by atoms with Crippen molar-refractivity contribution in [3.05, 3.63) is 78.9 Å². The van der Waals surface area contributed by atoms with Crippen molar-refractivity contribution in [2.75, 3.05) is 26.4 Å². The number of ether oxygens (including phenoxy) is 2. The molecule has 0 saturated heterocycles.